The van der Waals surface area contributed by atoms with Gasteiger partial charge >= 0.3 is 0 Å². The fourth-order valence-electron chi connectivity index (χ4n) is 5.93. The Morgan fingerprint density at radius 2 is 1.36 bits per heavy atom. The maximum Gasteiger partial charge on any atom is 0.244 e. The molecule has 4 aromatic carbocycles. The lowest BCUT2D eigenvalue weighted by Gasteiger charge is -2.27. The van der Waals surface area contributed by atoms with Gasteiger partial charge in [0.2, 0.25) is 15.9 Å². The van der Waals surface area contributed by atoms with Crippen molar-refractivity contribution in [2.45, 2.75) is 62.0 Å². The van der Waals surface area contributed by atoms with Gasteiger partial charge in [-0.1, -0.05) is 84.9 Å². The second kappa shape index (κ2) is 14.6. The number of amides is 1. The molecule has 0 saturated carbocycles. The molecule has 5 rings (SSSR count). The van der Waals surface area contributed by atoms with Gasteiger partial charge in [0.05, 0.1) is 19.1 Å². The Labute approximate surface area is 260 Å². The monoisotopic (exact) mass is 612 g/mol. The summed E-state index contributed by atoms with van der Waals surface area (Å²) < 4.78 is 40.1. The van der Waals surface area contributed by atoms with Gasteiger partial charge in [-0.25, -0.2) is 8.42 Å². The van der Waals surface area contributed by atoms with Crippen molar-refractivity contribution in [2.75, 3.05) is 14.2 Å². The Kier molecular flexibility index (Phi) is 10.4. The molecule has 1 aliphatic rings. The van der Waals surface area contributed by atoms with E-state index in [1.165, 1.54) is 41.8 Å². The van der Waals surface area contributed by atoms with Crippen LogP contribution in [-0.4, -0.2) is 38.9 Å². The summed E-state index contributed by atoms with van der Waals surface area (Å²) in [6.07, 6.45) is 5.25. The van der Waals surface area contributed by atoms with E-state index in [4.69, 9.17) is 9.47 Å². The minimum atomic E-state index is -4.06. The van der Waals surface area contributed by atoms with Crippen molar-refractivity contribution in [3.8, 4) is 11.5 Å². The third-order valence-electron chi connectivity index (χ3n) is 8.24. The molecule has 0 saturated heterocycles. The van der Waals surface area contributed by atoms with Crippen LogP contribution < -0.4 is 14.8 Å². The molecule has 0 aliphatic carbocycles. The summed E-state index contributed by atoms with van der Waals surface area (Å²) in [4.78, 5) is 14.2. The fourth-order valence-corrected chi connectivity index (χ4v) is 7.49. The number of methoxy groups -OCH3 is 2. The molecule has 0 fully saturated rings. The van der Waals surface area contributed by atoms with Gasteiger partial charge in [0.15, 0.2) is 11.5 Å². The van der Waals surface area contributed by atoms with Gasteiger partial charge in [0, 0.05) is 18.7 Å². The first-order chi connectivity index (χ1) is 21.4. The smallest absolute Gasteiger partial charge is 0.244 e. The summed E-state index contributed by atoms with van der Waals surface area (Å²) >= 11 is 0. The van der Waals surface area contributed by atoms with Gasteiger partial charge in [-0.3, -0.25) is 4.79 Å². The van der Waals surface area contributed by atoms with Crippen molar-refractivity contribution in [1.29, 1.82) is 0 Å². The van der Waals surface area contributed by atoms with Gasteiger partial charge in [0.25, 0.3) is 0 Å². The van der Waals surface area contributed by atoms with E-state index in [-0.39, 0.29) is 23.4 Å². The second-order valence-electron chi connectivity index (χ2n) is 11.1. The number of nitrogens with zero attached hydrogens (tertiary/aromatic N) is 1. The minimum absolute atomic E-state index is 0.0445. The summed E-state index contributed by atoms with van der Waals surface area (Å²) in [5, 5.41) is 3.28. The van der Waals surface area contributed by atoms with Crippen molar-refractivity contribution in [1.82, 2.24) is 9.62 Å². The summed E-state index contributed by atoms with van der Waals surface area (Å²) in [7, 11) is -1.10. The predicted octanol–water partition coefficient (Wildman–Crippen LogP) is 6.48. The Morgan fingerprint density at radius 3 is 1.95 bits per heavy atom. The lowest BCUT2D eigenvalue weighted by atomic mass is 9.98. The van der Waals surface area contributed by atoms with Gasteiger partial charge in [0.1, 0.15) is 6.04 Å². The number of nitrogens with one attached hydrogen (secondary N) is 1. The molecule has 1 heterocycles. The van der Waals surface area contributed by atoms with E-state index >= 15 is 0 Å². The van der Waals surface area contributed by atoms with Crippen molar-refractivity contribution >= 4 is 15.9 Å². The maximum absolute atomic E-state index is 14.1. The van der Waals surface area contributed by atoms with E-state index in [1.807, 2.05) is 60.7 Å². The van der Waals surface area contributed by atoms with Crippen LogP contribution in [0.3, 0.4) is 0 Å². The van der Waals surface area contributed by atoms with Crippen molar-refractivity contribution < 1.29 is 22.7 Å². The highest BCUT2D eigenvalue weighted by Gasteiger charge is 2.43. The third kappa shape index (κ3) is 7.31. The molecule has 1 N–H and O–H groups in total. The van der Waals surface area contributed by atoms with Crippen LogP contribution in [0.2, 0.25) is 0 Å². The number of benzene rings is 4. The number of carbonyl (C=O) groups excluding carboxylic acids is 1. The fraction of sp³-hybridized carbons (Fsp3) is 0.306. The molecule has 0 unspecified atom stereocenters. The molecule has 0 radical (unpaired) electrons. The van der Waals surface area contributed by atoms with Crippen LogP contribution in [0.25, 0.3) is 0 Å². The van der Waals surface area contributed by atoms with E-state index in [2.05, 4.69) is 29.6 Å². The van der Waals surface area contributed by atoms with Crippen molar-refractivity contribution in [3.63, 3.8) is 0 Å². The highest BCUT2D eigenvalue weighted by molar-refractivity contribution is 7.89. The van der Waals surface area contributed by atoms with Crippen LogP contribution >= 0.6 is 0 Å². The molecule has 230 valence electrons. The molecular weight excluding hydrogens is 572 g/mol. The highest BCUT2D eigenvalue weighted by Crippen LogP contribution is 2.40. The molecule has 0 spiro atoms. The topological polar surface area (TPSA) is 84.9 Å². The zero-order valence-electron chi connectivity index (χ0n) is 25.3. The SMILES string of the molecule is COc1ccc(S(=O)(=O)N2Cc3ccccc3[C@H]2C(=O)NC(CCCc2ccccc2)CCCc2ccccc2)cc1OC. The summed E-state index contributed by atoms with van der Waals surface area (Å²) in [5.74, 6) is 0.436. The van der Waals surface area contributed by atoms with Gasteiger partial charge in [-0.15, -0.1) is 0 Å². The first-order valence-electron chi connectivity index (χ1n) is 15.1. The summed E-state index contributed by atoms with van der Waals surface area (Å²) in [6, 6.07) is 31.6. The van der Waals surface area contributed by atoms with Crippen LogP contribution in [0.5, 0.6) is 11.5 Å². The molecule has 0 bridgehead atoms. The van der Waals surface area contributed by atoms with Gasteiger partial charge in [-0.2, -0.15) is 4.31 Å². The summed E-state index contributed by atoms with van der Waals surface area (Å²) in [5.41, 5.74) is 4.06. The number of fused-ring (bicyclic) bond motifs is 1. The Hall–Kier alpha value is -4.14. The molecule has 1 atom stereocenters. The number of sulfonamides is 1. The lowest BCUT2D eigenvalue weighted by molar-refractivity contribution is -0.125. The molecule has 44 heavy (non-hydrogen) atoms. The molecule has 0 aromatic heterocycles. The Morgan fingerprint density at radius 1 is 0.795 bits per heavy atom. The van der Waals surface area contributed by atoms with E-state index in [0.717, 1.165) is 44.1 Å². The van der Waals surface area contributed by atoms with Crippen LogP contribution in [0.1, 0.15) is 54.0 Å². The molecule has 1 aliphatic heterocycles. The summed E-state index contributed by atoms with van der Waals surface area (Å²) in [6.45, 7) is 0.109. The molecule has 7 nitrogen and oxygen atoms in total. The maximum atomic E-state index is 14.1. The minimum Gasteiger partial charge on any atom is -0.493 e. The van der Waals surface area contributed by atoms with Crippen LogP contribution in [0.15, 0.2) is 108 Å². The van der Waals surface area contributed by atoms with E-state index in [0.29, 0.717) is 17.1 Å². The number of hydrogen-bond acceptors (Lipinski definition) is 5. The average Bonchev–Trinajstić information content (AvgIpc) is 3.46. The zero-order chi connectivity index (χ0) is 30.9. The second-order valence-corrected chi connectivity index (χ2v) is 13.0. The largest absolute Gasteiger partial charge is 0.493 e. The number of hydrogen-bond donors (Lipinski definition) is 1. The van der Waals surface area contributed by atoms with E-state index < -0.39 is 16.1 Å². The normalized spacial score (nSPS) is 14.8. The first kappa shape index (κ1) is 31.3. The van der Waals surface area contributed by atoms with Gasteiger partial charge in [-0.05, 0) is 72.9 Å². The van der Waals surface area contributed by atoms with Crippen LogP contribution in [-0.2, 0) is 34.2 Å². The van der Waals surface area contributed by atoms with Crippen LogP contribution in [0.4, 0.5) is 0 Å². The number of ether oxygens (including phenoxy) is 2. The lowest BCUT2D eigenvalue weighted by Crippen LogP contribution is -2.44. The van der Waals surface area contributed by atoms with Crippen molar-refractivity contribution in [3.05, 3.63) is 125 Å². The zero-order valence-corrected chi connectivity index (χ0v) is 26.1. The standard InChI is InChI=1S/C36H40N2O5S/c1-42-33-24-23-31(25-34(33)43-2)44(40,41)38-26-29-19-9-10-22-32(29)35(38)36(39)37-30(20-11-17-27-13-5-3-6-14-27)21-12-18-28-15-7-4-8-16-28/h3-10,13-16,19,22-25,30,35H,11-12,17-18,20-21,26H2,1-2H3,(H,37,39)/t35-/m0/s1. The van der Waals surface area contributed by atoms with Crippen molar-refractivity contribution in [2.24, 2.45) is 0 Å². The van der Waals surface area contributed by atoms with E-state index in [1.54, 1.807) is 6.07 Å². The Balaban J connectivity index is 1.37. The van der Waals surface area contributed by atoms with Crippen LogP contribution in [0, 0.1) is 0 Å². The predicted molar refractivity (Wildman–Crippen MR) is 172 cm³/mol. The highest BCUT2D eigenvalue weighted by atomic mass is 32.2. The number of aryl methyl sites for hydroxylation is 2. The third-order valence-corrected chi connectivity index (χ3v) is 10.0. The van der Waals surface area contributed by atoms with Gasteiger partial charge < -0.3 is 14.8 Å². The quantitative estimate of drug-likeness (QED) is 0.176. The molecular formula is C36H40N2O5S. The molecule has 4 aromatic rings. The average molecular weight is 613 g/mol. The molecule has 8 heteroatoms. The number of rotatable bonds is 14. The van der Waals surface area contributed by atoms with E-state index in [9.17, 15) is 13.2 Å². The number of carbonyl (C=O) groups is 1. The Bertz CT molecular complexity index is 1600. The molecule has 1 amide bonds. The first-order valence-corrected chi connectivity index (χ1v) is 16.5.